The molecule has 2 saturated heterocycles. The second-order valence-corrected chi connectivity index (χ2v) is 10.2. The highest BCUT2D eigenvalue weighted by molar-refractivity contribution is 5.95. The van der Waals surface area contributed by atoms with Crippen LogP contribution in [-0.2, 0) is 19.5 Å². The van der Waals surface area contributed by atoms with Crippen molar-refractivity contribution in [2.24, 2.45) is 0 Å². The van der Waals surface area contributed by atoms with Crippen LogP contribution in [-0.4, -0.2) is 71.1 Å². The second kappa shape index (κ2) is 9.54. The van der Waals surface area contributed by atoms with Gasteiger partial charge in [0.05, 0.1) is 16.8 Å². The van der Waals surface area contributed by atoms with Gasteiger partial charge < -0.3 is 10.2 Å². The van der Waals surface area contributed by atoms with Crippen molar-refractivity contribution >= 4 is 16.6 Å². The molecule has 35 heavy (non-hydrogen) atoms. The van der Waals surface area contributed by atoms with Gasteiger partial charge >= 0.3 is 0 Å². The van der Waals surface area contributed by atoms with Crippen molar-refractivity contribution in [2.45, 2.75) is 44.9 Å². The van der Waals surface area contributed by atoms with Gasteiger partial charge in [0.1, 0.15) is 6.07 Å². The number of anilines is 1. The highest BCUT2D eigenvalue weighted by atomic mass is 15.3. The largest absolute Gasteiger partial charge is 0.368 e. The van der Waals surface area contributed by atoms with E-state index < -0.39 is 0 Å². The summed E-state index contributed by atoms with van der Waals surface area (Å²) in [5, 5.41) is 14.1. The van der Waals surface area contributed by atoms with Crippen LogP contribution in [0, 0.1) is 11.3 Å². The van der Waals surface area contributed by atoms with Crippen LogP contribution in [0.2, 0.25) is 0 Å². The third-order valence-electron chi connectivity index (χ3n) is 8.02. The van der Waals surface area contributed by atoms with Crippen LogP contribution in [0.4, 0.5) is 5.69 Å². The summed E-state index contributed by atoms with van der Waals surface area (Å²) >= 11 is 0. The van der Waals surface area contributed by atoms with Crippen molar-refractivity contribution in [3.8, 4) is 6.07 Å². The molecule has 1 N–H and O–H groups in total. The molecule has 0 amide bonds. The van der Waals surface area contributed by atoms with Crippen molar-refractivity contribution in [1.82, 2.24) is 25.1 Å². The topological polar surface area (TPSA) is 71.3 Å². The molecule has 2 unspecified atom stereocenters. The fourth-order valence-electron chi connectivity index (χ4n) is 6.18. The molecule has 3 aliphatic rings. The van der Waals surface area contributed by atoms with E-state index in [1.807, 2.05) is 12.1 Å². The molecule has 0 aliphatic carbocycles. The molecular weight excluding hydrogens is 434 g/mol. The number of hydrogen-bond acceptors (Lipinski definition) is 7. The predicted octanol–water partition coefficient (Wildman–Crippen LogP) is 2.93. The van der Waals surface area contributed by atoms with Crippen LogP contribution in [0.25, 0.3) is 10.9 Å². The Morgan fingerprint density at radius 2 is 2.06 bits per heavy atom. The molecule has 2 aromatic heterocycles. The van der Waals surface area contributed by atoms with Gasteiger partial charge in [-0.25, -0.2) is 0 Å². The number of aromatic nitrogens is 2. The lowest BCUT2D eigenvalue weighted by molar-refractivity contribution is 0.127. The smallest absolute Gasteiger partial charge is 0.101 e. The number of pyridine rings is 2. The summed E-state index contributed by atoms with van der Waals surface area (Å²) in [6, 6.07) is 13.7. The molecule has 1 aromatic carbocycles. The van der Waals surface area contributed by atoms with E-state index in [1.54, 1.807) is 6.20 Å². The molecular formula is C28H33N7. The van der Waals surface area contributed by atoms with E-state index in [-0.39, 0.29) is 0 Å². The third kappa shape index (κ3) is 4.38. The van der Waals surface area contributed by atoms with Gasteiger partial charge in [-0.2, -0.15) is 5.26 Å². The first-order chi connectivity index (χ1) is 17.2. The van der Waals surface area contributed by atoms with Gasteiger partial charge in [-0.3, -0.25) is 19.8 Å². The number of rotatable bonds is 3. The van der Waals surface area contributed by atoms with Crippen LogP contribution in [0.5, 0.6) is 0 Å². The minimum Gasteiger partial charge on any atom is -0.368 e. The maximum Gasteiger partial charge on any atom is 0.101 e. The Balaban J connectivity index is 1.18. The first-order valence-corrected chi connectivity index (χ1v) is 12.9. The SMILES string of the molecule is CC1CN(c2ccc(C#N)c3ncccc23)CC2CCN(Cc3cc4c(cn3)CCNC4)CCN12. The molecule has 2 atom stereocenters. The molecule has 0 radical (unpaired) electrons. The monoisotopic (exact) mass is 467 g/mol. The minimum absolute atomic E-state index is 0.476. The number of fused-ring (bicyclic) bond motifs is 3. The van der Waals surface area contributed by atoms with Crippen molar-refractivity contribution in [1.29, 1.82) is 5.26 Å². The summed E-state index contributed by atoms with van der Waals surface area (Å²) in [5.74, 6) is 0. The average Bonchev–Trinajstić information content (AvgIpc) is 3.10. The zero-order valence-corrected chi connectivity index (χ0v) is 20.5. The quantitative estimate of drug-likeness (QED) is 0.635. The normalized spacial score (nSPS) is 23.4. The van der Waals surface area contributed by atoms with Gasteiger partial charge in [0.25, 0.3) is 0 Å². The van der Waals surface area contributed by atoms with E-state index in [0.29, 0.717) is 17.6 Å². The molecule has 7 nitrogen and oxygen atoms in total. The van der Waals surface area contributed by atoms with E-state index in [9.17, 15) is 5.26 Å². The molecule has 2 fully saturated rings. The number of hydrogen-bond donors (Lipinski definition) is 1. The lowest BCUT2D eigenvalue weighted by Gasteiger charge is -2.46. The van der Waals surface area contributed by atoms with Gasteiger partial charge in [-0.05, 0) is 67.8 Å². The Morgan fingerprint density at radius 3 is 2.97 bits per heavy atom. The third-order valence-corrected chi connectivity index (χ3v) is 8.02. The predicted molar refractivity (Wildman–Crippen MR) is 138 cm³/mol. The summed E-state index contributed by atoms with van der Waals surface area (Å²) in [4.78, 5) is 17.1. The molecule has 0 bridgehead atoms. The molecule has 0 spiro atoms. The Bertz CT molecular complexity index is 1270. The number of benzene rings is 1. The highest BCUT2D eigenvalue weighted by Crippen LogP contribution is 2.32. The van der Waals surface area contributed by atoms with E-state index in [0.717, 1.165) is 76.1 Å². The molecule has 180 valence electrons. The van der Waals surface area contributed by atoms with Gasteiger partial charge in [-0.15, -0.1) is 0 Å². The van der Waals surface area contributed by atoms with E-state index in [1.165, 1.54) is 22.5 Å². The first-order valence-electron chi connectivity index (χ1n) is 12.9. The molecule has 0 saturated carbocycles. The number of nitriles is 1. The lowest BCUT2D eigenvalue weighted by Crippen LogP contribution is -2.58. The maximum atomic E-state index is 9.53. The van der Waals surface area contributed by atoms with E-state index >= 15 is 0 Å². The fraction of sp³-hybridized carbons (Fsp3) is 0.464. The van der Waals surface area contributed by atoms with Crippen molar-refractivity contribution < 1.29 is 0 Å². The zero-order chi connectivity index (χ0) is 23.8. The average molecular weight is 468 g/mol. The Morgan fingerprint density at radius 1 is 1.11 bits per heavy atom. The van der Waals surface area contributed by atoms with Crippen LogP contribution >= 0.6 is 0 Å². The standard InChI is InChI=1S/C28H33N7/c1-20-17-34(27-5-4-21(14-29)28-26(27)3-2-8-31-28)19-25-7-10-33(11-12-35(20)25)18-24-13-23-15-30-9-6-22(23)16-32-24/h2-5,8,13,16,20,25,30H,6-7,9-12,15,17-19H2,1H3. The molecule has 3 aromatic rings. The van der Waals surface area contributed by atoms with Gasteiger partial charge in [0.2, 0.25) is 0 Å². The zero-order valence-electron chi connectivity index (χ0n) is 20.5. The van der Waals surface area contributed by atoms with Gasteiger partial charge in [0, 0.05) is 81.4 Å². The first kappa shape index (κ1) is 22.4. The highest BCUT2D eigenvalue weighted by Gasteiger charge is 2.34. The van der Waals surface area contributed by atoms with Crippen LogP contribution < -0.4 is 10.2 Å². The fourth-order valence-corrected chi connectivity index (χ4v) is 6.18. The second-order valence-electron chi connectivity index (χ2n) is 10.2. The molecule has 6 rings (SSSR count). The van der Waals surface area contributed by atoms with E-state index in [2.05, 4.69) is 62.4 Å². The summed E-state index contributed by atoms with van der Waals surface area (Å²) in [7, 11) is 0. The minimum atomic E-state index is 0.476. The van der Waals surface area contributed by atoms with Crippen molar-refractivity contribution in [3.05, 3.63) is 65.1 Å². The van der Waals surface area contributed by atoms with Crippen LogP contribution in [0.15, 0.2) is 42.7 Å². The summed E-state index contributed by atoms with van der Waals surface area (Å²) in [6.07, 6.45) is 6.12. The Labute approximate surface area is 207 Å². The molecule has 5 heterocycles. The lowest BCUT2D eigenvalue weighted by atomic mass is 10.0. The van der Waals surface area contributed by atoms with Crippen molar-refractivity contribution in [2.75, 3.05) is 44.2 Å². The van der Waals surface area contributed by atoms with Crippen LogP contribution in [0.3, 0.4) is 0 Å². The summed E-state index contributed by atoms with van der Waals surface area (Å²) < 4.78 is 0. The van der Waals surface area contributed by atoms with Crippen molar-refractivity contribution in [3.63, 3.8) is 0 Å². The van der Waals surface area contributed by atoms with Crippen LogP contribution in [0.1, 0.15) is 35.7 Å². The number of piperazine rings is 1. The summed E-state index contributed by atoms with van der Waals surface area (Å²) in [6.45, 7) is 10.6. The molecule has 3 aliphatic heterocycles. The Hall–Kier alpha value is -3.05. The maximum absolute atomic E-state index is 9.53. The molecule has 7 heteroatoms. The van der Waals surface area contributed by atoms with Gasteiger partial charge in [0.15, 0.2) is 0 Å². The number of nitrogens with one attached hydrogen (secondary N) is 1. The van der Waals surface area contributed by atoms with E-state index in [4.69, 9.17) is 4.98 Å². The summed E-state index contributed by atoms with van der Waals surface area (Å²) in [5.41, 5.74) is 6.67. The Kier molecular flexibility index (Phi) is 6.11. The number of nitrogens with zero attached hydrogens (tertiary/aromatic N) is 6. The van der Waals surface area contributed by atoms with Gasteiger partial charge in [-0.1, -0.05) is 0 Å².